The van der Waals surface area contributed by atoms with Gasteiger partial charge in [-0.1, -0.05) is 30.3 Å². The molecule has 0 spiro atoms. The number of hydrogen-bond donors (Lipinski definition) is 1. The highest BCUT2D eigenvalue weighted by atomic mass is 15.3. The first-order valence-corrected chi connectivity index (χ1v) is 5.21. The molecule has 1 N–H and O–H groups in total. The van der Waals surface area contributed by atoms with Crippen molar-refractivity contribution >= 4 is 12.2 Å². The van der Waals surface area contributed by atoms with E-state index in [-0.39, 0.29) is 6.04 Å². The van der Waals surface area contributed by atoms with Gasteiger partial charge in [0.1, 0.15) is 11.9 Å². The highest BCUT2D eigenvalue weighted by Crippen LogP contribution is 2.32. The molecule has 0 saturated carbocycles. The average molecular weight is 212 g/mol. The number of nitrogens with zero attached hydrogens (tertiary/aromatic N) is 3. The van der Waals surface area contributed by atoms with Crippen LogP contribution in [0, 0.1) is 0 Å². The maximum absolute atomic E-state index is 4.46. The molecule has 1 aliphatic heterocycles. The molecule has 0 radical (unpaired) electrons. The minimum absolute atomic E-state index is 0.0612. The second-order valence-electron chi connectivity index (χ2n) is 3.81. The van der Waals surface area contributed by atoms with E-state index in [2.05, 4.69) is 27.5 Å². The number of aryl methyl sites for hydroxylation is 1. The molecule has 0 bridgehead atoms. The third kappa shape index (κ3) is 1.31. The standard InChI is InChI=1S/C12H12N4/c1-16-12-10(7-15-16)11(13-8-14-12)9-5-3-2-4-6-9/h2-8,11H,1H3,(H,13,14). The van der Waals surface area contributed by atoms with Crippen LogP contribution in [0.1, 0.15) is 17.2 Å². The third-order valence-electron chi connectivity index (χ3n) is 2.80. The lowest BCUT2D eigenvalue weighted by Crippen LogP contribution is -2.12. The third-order valence-corrected chi connectivity index (χ3v) is 2.80. The molecule has 1 aliphatic rings. The molecule has 80 valence electrons. The summed E-state index contributed by atoms with van der Waals surface area (Å²) in [7, 11) is 1.92. The van der Waals surface area contributed by atoms with E-state index in [1.54, 1.807) is 6.34 Å². The van der Waals surface area contributed by atoms with Crippen molar-refractivity contribution in [3.63, 3.8) is 0 Å². The molecule has 1 aromatic carbocycles. The second-order valence-corrected chi connectivity index (χ2v) is 3.81. The Kier molecular flexibility index (Phi) is 1.99. The number of anilines is 1. The fraction of sp³-hybridized carbons (Fsp3) is 0.167. The molecule has 1 atom stereocenters. The first-order valence-electron chi connectivity index (χ1n) is 5.21. The summed E-state index contributed by atoms with van der Waals surface area (Å²) in [6.07, 6.45) is 3.61. The minimum atomic E-state index is 0.0612. The molecular weight excluding hydrogens is 200 g/mol. The van der Waals surface area contributed by atoms with Crippen LogP contribution >= 0.6 is 0 Å². The molecule has 1 aromatic heterocycles. The van der Waals surface area contributed by atoms with Crippen LogP contribution in [0.2, 0.25) is 0 Å². The molecule has 16 heavy (non-hydrogen) atoms. The molecule has 1 unspecified atom stereocenters. The van der Waals surface area contributed by atoms with Gasteiger partial charge in [-0.05, 0) is 5.56 Å². The van der Waals surface area contributed by atoms with Crippen LogP contribution in [0.4, 0.5) is 5.82 Å². The molecule has 3 rings (SSSR count). The van der Waals surface area contributed by atoms with E-state index >= 15 is 0 Å². The Morgan fingerprint density at radius 1 is 1.25 bits per heavy atom. The Bertz CT molecular complexity index is 527. The van der Waals surface area contributed by atoms with E-state index in [1.165, 1.54) is 5.56 Å². The molecule has 4 nitrogen and oxygen atoms in total. The number of aromatic nitrogens is 2. The van der Waals surface area contributed by atoms with E-state index in [9.17, 15) is 0 Å². The van der Waals surface area contributed by atoms with Crippen molar-refractivity contribution in [1.82, 2.24) is 9.78 Å². The van der Waals surface area contributed by atoms with Gasteiger partial charge in [-0.15, -0.1) is 0 Å². The van der Waals surface area contributed by atoms with E-state index in [1.807, 2.05) is 36.1 Å². The zero-order valence-corrected chi connectivity index (χ0v) is 8.96. The SMILES string of the molecule is Cn1ncc2c1NC=NC2c1ccccc1. The van der Waals surface area contributed by atoms with Crippen molar-refractivity contribution in [1.29, 1.82) is 0 Å². The topological polar surface area (TPSA) is 42.2 Å². The van der Waals surface area contributed by atoms with Crippen LogP contribution in [0.15, 0.2) is 41.5 Å². The Morgan fingerprint density at radius 2 is 2.06 bits per heavy atom. The summed E-state index contributed by atoms with van der Waals surface area (Å²) in [5.41, 5.74) is 2.31. The van der Waals surface area contributed by atoms with Crippen LogP contribution < -0.4 is 5.32 Å². The van der Waals surface area contributed by atoms with Crippen LogP contribution in [0.3, 0.4) is 0 Å². The van der Waals surface area contributed by atoms with Crippen LogP contribution in [0.25, 0.3) is 0 Å². The van der Waals surface area contributed by atoms with Gasteiger partial charge in [0.25, 0.3) is 0 Å². The normalized spacial score (nSPS) is 17.9. The maximum atomic E-state index is 4.46. The lowest BCUT2D eigenvalue weighted by molar-refractivity contribution is 0.774. The van der Waals surface area contributed by atoms with Gasteiger partial charge < -0.3 is 5.32 Å². The molecule has 4 heteroatoms. The summed E-state index contributed by atoms with van der Waals surface area (Å²) in [5.74, 6) is 1.02. The van der Waals surface area contributed by atoms with Gasteiger partial charge >= 0.3 is 0 Å². The van der Waals surface area contributed by atoms with Crippen molar-refractivity contribution in [2.24, 2.45) is 12.0 Å². The van der Waals surface area contributed by atoms with E-state index < -0.39 is 0 Å². The van der Waals surface area contributed by atoms with Crippen molar-refractivity contribution in [3.8, 4) is 0 Å². The fourth-order valence-corrected chi connectivity index (χ4v) is 1.99. The van der Waals surface area contributed by atoms with Crippen LogP contribution in [-0.4, -0.2) is 16.1 Å². The molecule has 0 saturated heterocycles. The van der Waals surface area contributed by atoms with E-state index in [0.717, 1.165) is 11.4 Å². The smallest absolute Gasteiger partial charge is 0.134 e. The Morgan fingerprint density at radius 3 is 2.88 bits per heavy atom. The van der Waals surface area contributed by atoms with Crippen molar-refractivity contribution in [3.05, 3.63) is 47.7 Å². The quantitative estimate of drug-likeness (QED) is 0.785. The largest absolute Gasteiger partial charge is 0.331 e. The van der Waals surface area contributed by atoms with Gasteiger partial charge in [0.2, 0.25) is 0 Å². The predicted molar refractivity (Wildman–Crippen MR) is 63.6 cm³/mol. The molecule has 2 heterocycles. The van der Waals surface area contributed by atoms with Crippen molar-refractivity contribution < 1.29 is 0 Å². The molecule has 0 fully saturated rings. The number of rotatable bonds is 1. The lowest BCUT2D eigenvalue weighted by atomic mass is 10.0. The zero-order valence-electron chi connectivity index (χ0n) is 8.96. The molecule has 0 aliphatic carbocycles. The number of hydrogen-bond acceptors (Lipinski definition) is 3. The van der Waals surface area contributed by atoms with Gasteiger partial charge in [-0.25, -0.2) is 0 Å². The monoisotopic (exact) mass is 212 g/mol. The first kappa shape index (κ1) is 9.15. The van der Waals surface area contributed by atoms with E-state index in [0.29, 0.717) is 0 Å². The summed E-state index contributed by atoms with van der Waals surface area (Å²) in [6, 6.07) is 10.3. The van der Waals surface area contributed by atoms with Gasteiger partial charge in [0.15, 0.2) is 0 Å². The van der Waals surface area contributed by atoms with Crippen molar-refractivity contribution in [2.45, 2.75) is 6.04 Å². The molecule has 2 aromatic rings. The minimum Gasteiger partial charge on any atom is -0.331 e. The summed E-state index contributed by atoms with van der Waals surface area (Å²) < 4.78 is 1.83. The number of benzene rings is 1. The summed E-state index contributed by atoms with van der Waals surface area (Å²) in [6.45, 7) is 0. The lowest BCUT2D eigenvalue weighted by Gasteiger charge is -2.18. The number of fused-ring (bicyclic) bond motifs is 1. The number of nitrogens with one attached hydrogen (secondary N) is 1. The Balaban J connectivity index is 2.09. The zero-order chi connectivity index (χ0) is 11.0. The number of aliphatic imine (C=N–C) groups is 1. The molecular formula is C12H12N4. The first-order chi connectivity index (χ1) is 7.86. The van der Waals surface area contributed by atoms with Crippen LogP contribution in [-0.2, 0) is 7.05 Å². The summed E-state index contributed by atoms with van der Waals surface area (Å²) in [5, 5.41) is 7.37. The highest BCUT2D eigenvalue weighted by Gasteiger charge is 2.21. The van der Waals surface area contributed by atoms with Gasteiger partial charge in [-0.3, -0.25) is 9.67 Å². The summed E-state index contributed by atoms with van der Waals surface area (Å²) >= 11 is 0. The van der Waals surface area contributed by atoms with Gasteiger partial charge in [0, 0.05) is 12.6 Å². The highest BCUT2D eigenvalue weighted by molar-refractivity contribution is 5.79. The average Bonchev–Trinajstić information content (AvgIpc) is 2.73. The maximum Gasteiger partial charge on any atom is 0.134 e. The van der Waals surface area contributed by atoms with Gasteiger partial charge in [-0.2, -0.15) is 5.10 Å². The predicted octanol–water partition coefficient (Wildman–Crippen LogP) is 1.96. The van der Waals surface area contributed by atoms with Crippen LogP contribution in [0.5, 0.6) is 0 Å². The van der Waals surface area contributed by atoms with Gasteiger partial charge in [0.05, 0.1) is 12.5 Å². The van der Waals surface area contributed by atoms with E-state index in [4.69, 9.17) is 0 Å². The Labute approximate surface area is 93.6 Å². The summed E-state index contributed by atoms with van der Waals surface area (Å²) in [4.78, 5) is 4.46. The van der Waals surface area contributed by atoms with Crippen molar-refractivity contribution in [2.75, 3.05) is 5.32 Å². The molecule has 0 amide bonds. The second kappa shape index (κ2) is 3.48. The fourth-order valence-electron chi connectivity index (χ4n) is 1.99. The Hall–Kier alpha value is -2.10.